The lowest BCUT2D eigenvalue weighted by molar-refractivity contribution is 0.464. The van der Waals surface area contributed by atoms with E-state index in [2.05, 4.69) is 26.0 Å². The van der Waals surface area contributed by atoms with Crippen LogP contribution in [0.4, 0.5) is 0 Å². The van der Waals surface area contributed by atoms with E-state index < -0.39 is 10.0 Å². The second-order valence-electron chi connectivity index (χ2n) is 4.16. The molecule has 0 radical (unpaired) electrons. The standard InChI is InChI=1S/C12H14BrClN2O3S2/c1-2-15-6-8-5-10(12(13)19-8)21(17,18)16-7-9-3-4-11(14)20-9/h3-5,15-16H,2,6-7H2,1H3. The van der Waals surface area contributed by atoms with Gasteiger partial charge in [-0.1, -0.05) is 18.5 Å². The topological polar surface area (TPSA) is 71.3 Å². The van der Waals surface area contributed by atoms with Crippen molar-refractivity contribution in [3.05, 3.63) is 37.8 Å². The maximum absolute atomic E-state index is 12.3. The van der Waals surface area contributed by atoms with Crippen LogP contribution in [0.3, 0.4) is 0 Å². The third-order valence-corrected chi connectivity index (χ3v) is 6.10. The van der Waals surface area contributed by atoms with Gasteiger partial charge in [0.05, 0.1) is 10.9 Å². The molecule has 2 aromatic rings. The smallest absolute Gasteiger partial charge is 0.245 e. The summed E-state index contributed by atoms with van der Waals surface area (Å²) in [6.45, 7) is 3.41. The lowest BCUT2D eigenvalue weighted by Gasteiger charge is -2.03. The molecular weight excluding hydrogens is 400 g/mol. The van der Waals surface area contributed by atoms with Crippen molar-refractivity contribution in [2.45, 2.75) is 24.9 Å². The number of hydrogen-bond donors (Lipinski definition) is 2. The minimum absolute atomic E-state index is 0.0954. The van der Waals surface area contributed by atoms with Gasteiger partial charge < -0.3 is 9.73 Å². The van der Waals surface area contributed by atoms with Crippen molar-refractivity contribution >= 4 is 48.9 Å². The third kappa shape index (κ3) is 4.54. The highest BCUT2D eigenvalue weighted by atomic mass is 79.9. The largest absolute Gasteiger partial charge is 0.452 e. The maximum Gasteiger partial charge on any atom is 0.245 e. The van der Waals surface area contributed by atoms with Gasteiger partial charge >= 0.3 is 0 Å². The normalized spacial score (nSPS) is 12.0. The van der Waals surface area contributed by atoms with Crippen LogP contribution in [0.1, 0.15) is 17.6 Å². The van der Waals surface area contributed by atoms with Gasteiger partial charge in [-0.3, -0.25) is 0 Å². The fourth-order valence-corrected chi connectivity index (χ4v) is 4.73. The molecule has 2 aromatic heterocycles. The summed E-state index contributed by atoms with van der Waals surface area (Å²) in [7, 11) is -3.64. The first-order valence-corrected chi connectivity index (χ1v) is 9.62. The number of furan rings is 1. The molecule has 0 atom stereocenters. The molecule has 0 saturated heterocycles. The molecule has 2 N–H and O–H groups in total. The summed E-state index contributed by atoms with van der Waals surface area (Å²) < 4.78 is 33.3. The maximum atomic E-state index is 12.3. The van der Waals surface area contributed by atoms with Crippen molar-refractivity contribution in [1.29, 1.82) is 0 Å². The summed E-state index contributed by atoms with van der Waals surface area (Å²) in [5.41, 5.74) is 0. The van der Waals surface area contributed by atoms with Crippen LogP contribution >= 0.6 is 38.9 Å². The van der Waals surface area contributed by atoms with E-state index in [0.29, 0.717) is 16.6 Å². The molecule has 9 heteroatoms. The Morgan fingerprint density at radius 2 is 2.14 bits per heavy atom. The Bertz CT molecular complexity index is 712. The first-order chi connectivity index (χ1) is 9.92. The highest BCUT2D eigenvalue weighted by Crippen LogP contribution is 2.27. The molecule has 0 aliphatic carbocycles. The molecule has 5 nitrogen and oxygen atoms in total. The Hall–Kier alpha value is -0.380. The van der Waals surface area contributed by atoms with Crippen LogP contribution in [0, 0.1) is 0 Å². The lowest BCUT2D eigenvalue weighted by atomic mass is 10.4. The van der Waals surface area contributed by atoms with Crippen molar-refractivity contribution in [3.63, 3.8) is 0 Å². The van der Waals surface area contributed by atoms with Gasteiger partial charge in [-0.2, -0.15) is 0 Å². The summed E-state index contributed by atoms with van der Waals surface area (Å²) >= 11 is 10.3. The van der Waals surface area contributed by atoms with E-state index in [1.165, 1.54) is 17.4 Å². The number of halogens is 2. The second-order valence-corrected chi connectivity index (χ2v) is 8.42. The number of thiophene rings is 1. The predicted octanol–water partition coefficient (Wildman–Crippen LogP) is 3.35. The highest BCUT2D eigenvalue weighted by molar-refractivity contribution is 9.10. The number of nitrogens with one attached hydrogen (secondary N) is 2. The van der Waals surface area contributed by atoms with Crippen molar-refractivity contribution in [1.82, 2.24) is 10.0 Å². The second kappa shape index (κ2) is 7.26. The van der Waals surface area contributed by atoms with Crippen molar-refractivity contribution < 1.29 is 12.8 Å². The van der Waals surface area contributed by atoms with Crippen LogP contribution < -0.4 is 10.0 Å². The van der Waals surface area contributed by atoms with Gasteiger partial charge in [-0.15, -0.1) is 11.3 Å². The molecule has 0 unspecified atom stereocenters. The summed E-state index contributed by atoms with van der Waals surface area (Å²) in [4.78, 5) is 0.939. The van der Waals surface area contributed by atoms with Gasteiger partial charge in [0.2, 0.25) is 10.0 Å². The number of rotatable bonds is 7. The summed E-state index contributed by atoms with van der Waals surface area (Å²) in [6.07, 6.45) is 0. The summed E-state index contributed by atoms with van der Waals surface area (Å²) in [5, 5.41) is 3.07. The molecule has 0 fully saturated rings. The van der Waals surface area contributed by atoms with Gasteiger partial charge in [0.1, 0.15) is 10.7 Å². The van der Waals surface area contributed by atoms with Crippen molar-refractivity contribution in [2.75, 3.05) is 6.54 Å². The molecule has 0 aromatic carbocycles. The molecule has 0 saturated carbocycles. The first kappa shape index (κ1) is 17.0. The van der Waals surface area contributed by atoms with E-state index in [1.54, 1.807) is 12.1 Å². The molecule has 0 bridgehead atoms. The highest BCUT2D eigenvalue weighted by Gasteiger charge is 2.22. The Labute approximate surface area is 140 Å². The Balaban J connectivity index is 2.09. The Morgan fingerprint density at radius 1 is 1.38 bits per heavy atom. The molecular formula is C12H14BrClN2O3S2. The van der Waals surface area contributed by atoms with Crippen LogP contribution in [0.5, 0.6) is 0 Å². The van der Waals surface area contributed by atoms with Gasteiger partial charge in [0.15, 0.2) is 4.67 Å². The number of hydrogen-bond acceptors (Lipinski definition) is 5. The van der Waals surface area contributed by atoms with Crippen molar-refractivity contribution in [3.8, 4) is 0 Å². The van der Waals surface area contributed by atoms with E-state index in [4.69, 9.17) is 16.0 Å². The monoisotopic (exact) mass is 412 g/mol. The van der Waals surface area contributed by atoms with Crippen LogP contribution in [-0.2, 0) is 23.1 Å². The molecule has 2 rings (SSSR count). The Kier molecular flexibility index (Phi) is 5.87. The van der Waals surface area contributed by atoms with Crippen molar-refractivity contribution in [2.24, 2.45) is 0 Å². The SMILES string of the molecule is CCNCc1cc(S(=O)(=O)NCc2ccc(Cl)s2)c(Br)o1. The van der Waals surface area contributed by atoms with Crippen LogP contribution in [0.15, 0.2) is 32.2 Å². The number of sulfonamides is 1. The average molecular weight is 414 g/mol. The Morgan fingerprint density at radius 3 is 2.76 bits per heavy atom. The lowest BCUT2D eigenvalue weighted by Crippen LogP contribution is -2.22. The van der Waals surface area contributed by atoms with E-state index in [9.17, 15) is 8.42 Å². The quantitative estimate of drug-likeness (QED) is 0.730. The zero-order valence-corrected chi connectivity index (χ0v) is 15.1. The van der Waals surface area contributed by atoms with Crippen LogP contribution in [0.2, 0.25) is 4.34 Å². The van der Waals surface area contributed by atoms with E-state index >= 15 is 0 Å². The van der Waals surface area contributed by atoms with Crippen LogP contribution in [-0.4, -0.2) is 15.0 Å². The van der Waals surface area contributed by atoms with E-state index in [-0.39, 0.29) is 16.1 Å². The molecule has 0 aliphatic heterocycles. The summed E-state index contributed by atoms with van der Waals surface area (Å²) in [6, 6.07) is 5.03. The van der Waals surface area contributed by atoms with E-state index in [1.807, 2.05) is 6.92 Å². The molecule has 0 amide bonds. The molecule has 0 spiro atoms. The van der Waals surface area contributed by atoms with E-state index in [0.717, 1.165) is 11.4 Å². The first-order valence-electron chi connectivity index (χ1n) is 6.15. The van der Waals surface area contributed by atoms with Crippen LogP contribution in [0.25, 0.3) is 0 Å². The summed E-state index contributed by atoms with van der Waals surface area (Å²) in [5.74, 6) is 0.559. The molecule has 2 heterocycles. The average Bonchev–Trinajstić information content (AvgIpc) is 3.00. The third-order valence-electron chi connectivity index (χ3n) is 2.61. The van der Waals surface area contributed by atoms with Gasteiger partial charge in [-0.05, 0) is 34.6 Å². The van der Waals surface area contributed by atoms with Gasteiger partial charge in [0, 0.05) is 17.5 Å². The zero-order valence-electron chi connectivity index (χ0n) is 11.2. The fraction of sp³-hybridized carbons (Fsp3) is 0.333. The molecule has 0 aliphatic rings. The minimum Gasteiger partial charge on any atom is -0.452 e. The predicted molar refractivity (Wildman–Crippen MR) is 87.1 cm³/mol. The van der Waals surface area contributed by atoms with Gasteiger partial charge in [-0.25, -0.2) is 13.1 Å². The zero-order chi connectivity index (χ0) is 15.5. The fourth-order valence-electron chi connectivity index (χ4n) is 1.61. The molecule has 116 valence electrons. The molecule has 21 heavy (non-hydrogen) atoms. The minimum atomic E-state index is -3.64. The van der Waals surface area contributed by atoms with Gasteiger partial charge in [0.25, 0.3) is 0 Å².